The summed E-state index contributed by atoms with van der Waals surface area (Å²) in [6, 6.07) is 0. The molecule has 1 fully saturated rings. The van der Waals surface area contributed by atoms with Gasteiger partial charge in [0.1, 0.15) is 0 Å². The van der Waals surface area contributed by atoms with Gasteiger partial charge in [-0.1, -0.05) is 0 Å². The molecule has 1 rings (SSSR count). The molecule has 0 radical (unpaired) electrons. The molecule has 0 heterocycles. The van der Waals surface area contributed by atoms with Crippen molar-refractivity contribution >= 4 is 16.3 Å². The zero-order valence-electron chi connectivity index (χ0n) is 4.93. The standard InChI is InChI=1S/C5H10NO.Al.H/c6-2-4-1-5(4)3-7;;/h5,7H,1-3,6H2;;/q;+1;. The number of hydrogen-bond donors (Lipinski definition) is 2. The van der Waals surface area contributed by atoms with Crippen molar-refractivity contribution in [2.45, 2.75) is 10.7 Å². The van der Waals surface area contributed by atoms with Crippen LogP contribution < -0.4 is 5.73 Å². The molecule has 3 heteroatoms. The summed E-state index contributed by atoms with van der Waals surface area (Å²) in [6.07, 6.45) is 1.12. The van der Waals surface area contributed by atoms with Crippen LogP contribution in [0.25, 0.3) is 0 Å². The van der Waals surface area contributed by atoms with Crippen LogP contribution in [0.5, 0.6) is 0 Å². The molecule has 8 heavy (non-hydrogen) atoms. The molecule has 2 nitrogen and oxygen atoms in total. The average Bonchev–Trinajstić information content (AvgIpc) is 2.44. The Hall–Kier alpha value is 0.452. The van der Waals surface area contributed by atoms with Gasteiger partial charge in [-0.15, -0.1) is 0 Å². The van der Waals surface area contributed by atoms with Crippen LogP contribution in [0.2, 0.25) is 4.28 Å². The summed E-state index contributed by atoms with van der Waals surface area (Å²) >= 11 is 1.92. The molecule has 0 spiro atoms. The van der Waals surface area contributed by atoms with Gasteiger partial charge in [0.05, 0.1) is 0 Å². The summed E-state index contributed by atoms with van der Waals surface area (Å²) in [5.41, 5.74) is 5.43. The molecule has 0 bridgehead atoms. The zero-order valence-corrected chi connectivity index (χ0v) is 6.34. The van der Waals surface area contributed by atoms with E-state index in [1.165, 1.54) is 0 Å². The molecule has 1 aliphatic rings. The molecule has 0 aromatic heterocycles. The average molecular weight is 128 g/mol. The van der Waals surface area contributed by atoms with Gasteiger partial charge in [0, 0.05) is 0 Å². The van der Waals surface area contributed by atoms with Crippen LogP contribution in [-0.4, -0.2) is 34.5 Å². The predicted molar refractivity (Wildman–Crippen MR) is 34.1 cm³/mol. The van der Waals surface area contributed by atoms with E-state index in [-0.39, 0.29) is 0 Å². The number of aliphatic hydroxyl groups is 1. The third-order valence-electron chi connectivity index (χ3n) is 1.99. The van der Waals surface area contributed by atoms with Crippen molar-refractivity contribution in [3.63, 3.8) is 0 Å². The Balaban J connectivity index is 2.31. The van der Waals surface area contributed by atoms with Gasteiger partial charge in [-0.2, -0.15) is 0 Å². The van der Waals surface area contributed by atoms with Gasteiger partial charge >= 0.3 is 56.9 Å². The van der Waals surface area contributed by atoms with E-state index in [0.29, 0.717) is 16.8 Å². The molecule has 3 N–H and O–H groups in total. The third-order valence-corrected chi connectivity index (χ3v) is 3.14. The minimum absolute atomic E-state index is 0.314. The predicted octanol–water partition coefficient (Wildman–Crippen LogP) is -0.983. The molecule has 0 aromatic rings. The fraction of sp³-hybridized carbons (Fsp3) is 1.00. The van der Waals surface area contributed by atoms with E-state index < -0.39 is 0 Å². The number of aliphatic hydroxyl groups excluding tert-OH is 1. The molecular weight excluding hydrogens is 117 g/mol. The van der Waals surface area contributed by atoms with Crippen LogP contribution in [0.4, 0.5) is 0 Å². The first-order chi connectivity index (χ1) is 3.73. The van der Waals surface area contributed by atoms with Gasteiger partial charge in [0.25, 0.3) is 0 Å². The summed E-state index contributed by atoms with van der Waals surface area (Å²) < 4.78 is 0.314. The number of rotatable bonds is 2. The van der Waals surface area contributed by atoms with Crippen LogP contribution in [0, 0.1) is 5.92 Å². The van der Waals surface area contributed by atoms with E-state index in [0.717, 1.165) is 13.0 Å². The number of hydrogen-bond acceptors (Lipinski definition) is 2. The number of nitrogens with two attached hydrogens (primary N) is 1. The van der Waals surface area contributed by atoms with Crippen molar-refractivity contribution in [3.05, 3.63) is 0 Å². The van der Waals surface area contributed by atoms with E-state index in [1.54, 1.807) is 0 Å². The zero-order chi connectivity index (χ0) is 6.20. The molecule has 1 saturated carbocycles. The van der Waals surface area contributed by atoms with Crippen molar-refractivity contribution in [2.24, 2.45) is 11.7 Å². The molecule has 0 amide bonds. The molecular formula is C5H11AlNO+. The van der Waals surface area contributed by atoms with Gasteiger partial charge in [-0.3, -0.25) is 0 Å². The van der Waals surface area contributed by atoms with Gasteiger partial charge in [0.15, 0.2) is 0 Å². The van der Waals surface area contributed by atoms with Crippen molar-refractivity contribution in [3.8, 4) is 0 Å². The van der Waals surface area contributed by atoms with Crippen molar-refractivity contribution < 1.29 is 5.11 Å². The second kappa shape index (κ2) is 2.00. The normalized spacial score (nSPS) is 44.4. The third kappa shape index (κ3) is 0.918. The van der Waals surface area contributed by atoms with Gasteiger partial charge < -0.3 is 0 Å². The van der Waals surface area contributed by atoms with Gasteiger partial charge in [-0.25, -0.2) is 0 Å². The van der Waals surface area contributed by atoms with Crippen LogP contribution in [-0.2, 0) is 0 Å². The van der Waals surface area contributed by atoms with Crippen molar-refractivity contribution in [1.29, 1.82) is 0 Å². The fourth-order valence-electron chi connectivity index (χ4n) is 0.940. The summed E-state index contributed by atoms with van der Waals surface area (Å²) in [5, 5.41) is 8.62. The summed E-state index contributed by atoms with van der Waals surface area (Å²) in [5.74, 6) is 0.505. The quantitative estimate of drug-likeness (QED) is 0.469. The van der Waals surface area contributed by atoms with E-state index in [2.05, 4.69) is 0 Å². The Morgan fingerprint density at radius 3 is 2.62 bits per heavy atom. The molecule has 0 aromatic carbocycles. The Kier molecular flexibility index (Phi) is 1.64. The van der Waals surface area contributed by atoms with Crippen LogP contribution in [0.15, 0.2) is 0 Å². The summed E-state index contributed by atoms with van der Waals surface area (Å²) in [6.45, 7) is 1.05. The van der Waals surface area contributed by atoms with E-state index >= 15 is 0 Å². The Morgan fingerprint density at radius 1 is 1.88 bits per heavy atom. The maximum atomic E-state index is 8.62. The van der Waals surface area contributed by atoms with E-state index in [1.807, 2.05) is 16.3 Å². The molecule has 0 aliphatic heterocycles. The van der Waals surface area contributed by atoms with E-state index in [4.69, 9.17) is 10.8 Å². The van der Waals surface area contributed by atoms with Gasteiger partial charge in [-0.05, 0) is 0 Å². The first-order valence-electron chi connectivity index (χ1n) is 2.89. The summed E-state index contributed by atoms with van der Waals surface area (Å²) in [4.78, 5) is 0. The maximum absolute atomic E-state index is 8.62. The first kappa shape index (κ1) is 6.57. The van der Waals surface area contributed by atoms with E-state index in [9.17, 15) is 0 Å². The van der Waals surface area contributed by atoms with Crippen LogP contribution in [0.3, 0.4) is 0 Å². The fourth-order valence-corrected chi connectivity index (χ4v) is 1.42. The van der Waals surface area contributed by atoms with Gasteiger partial charge in [0.2, 0.25) is 0 Å². The molecule has 2 unspecified atom stereocenters. The Morgan fingerprint density at radius 2 is 2.50 bits per heavy atom. The van der Waals surface area contributed by atoms with Crippen LogP contribution >= 0.6 is 0 Å². The molecule has 44 valence electrons. The SMILES string of the molecule is NC[C]1([AlH+])CC1CO. The monoisotopic (exact) mass is 128 g/mol. The Bertz CT molecular complexity index is 98.4. The molecule has 0 saturated heterocycles. The summed E-state index contributed by atoms with van der Waals surface area (Å²) in [7, 11) is 0. The topological polar surface area (TPSA) is 46.2 Å². The van der Waals surface area contributed by atoms with Crippen LogP contribution in [0.1, 0.15) is 6.42 Å². The molecule has 1 aliphatic carbocycles. The minimum atomic E-state index is 0.314. The first-order valence-corrected chi connectivity index (χ1v) is 3.60. The second-order valence-corrected chi connectivity index (χ2v) is 4.06. The Labute approximate surface area is 57.5 Å². The second-order valence-electron chi connectivity index (χ2n) is 2.65. The van der Waals surface area contributed by atoms with Crippen molar-refractivity contribution in [2.75, 3.05) is 13.2 Å². The van der Waals surface area contributed by atoms with Crippen molar-refractivity contribution in [1.82, 2.24) is 0 Å². The molecule has 2 atom stereocenters.